The molecule has 3 aromatic rings. The van der Waals surface area contributed by atoms with Gasteiger partial charge in [-0.3, -0.25) is 9.48 Å². The van der Waals surface area contributed by atoms with Gasteiger partial charge < -0.3 is 16.4 Å². The quantitative estimate of drug-likeness (QED) is 0.625. The van der Waals surface area contributed by atoms with Crippen LogP contribution < -0.4 is 16.4 Å². The van der Waals surface area contributed by atoms with Crippen LogP contribution in [0.25, 0.3) is 22.0 Å². The second-order valence-electron chi connectivity index (χ2n) is 6.74. The molecule has 0 aliphatic heterocycles. The van der Waals surface area contributed by atoms with Crippen molar-refractivity contribution in [2.24, 2.45) is 12.8 Å². The topological polar surface area (TPSA) is 115 Å². The molecule has 4 N–H and O–H groups in total. The molecule has 146 valence electrons. The first-order valence-electron chi connectivity index (χ1n) is 8.71. The number of nitrogens with zero attached hydrogens (tertiary/aromatic N) is 3. The van der Waals surface area contributed by atoms with Crippen molar-refractivity contribution >= 4 is 22.8 Å². The number of nitrogens with one attached hydrogen (secondary N) is 2. The molecule has 2 aromatic heterocycles. The molecule has 0 spiro atoms. The van der Waals surface area contributed by atoms with Gasteiger partial charge in [-0.2, -0.15) is 5.10 Å². The van der Waals surface area contributed by atoms with E-state index in [-0.39, 0.29) is 29.4 Å². The number of hydrogen-bond donors (Lipinski definition) is 3. The van der Waals surface area contributed by atoms with E-state index in [0.717, 1.165) is 0 Å². The predicted octanol–water partition coefficient (Wildman–Crippen LogP) is 2.08. The lowest BCUT2D eigenvalue weighted by atomic mass is 10.0. The molecule has 1 aromatic carbocycles. The number of halogens is 1. The number of urea groups is 1. The number of rotatable bonds is 5. The monoisotopic (exact) mass is 384 g/mol. The van der Waals surface area contributed by atoms with Crippen molar-refractivity contribution in [3.8, 4) is 11.1 Å². The summed E-state index contributed by atoms with van der Waals surface area (Å²) in [6, 6.07) is 4.37. The smallest absolute Gasteiger partial charge is 0.315 e. The molecule has 0 radical (unpaired) electrons. The van der Waals surface area contributed by atoms with Crippen LogP contribution in [0.3, 0.4) is 0 Å². The van der Waals surface area contributed by atoms with Gasteiger partial charge in [-0.05, 0) is 25.5 Å². The number of pyridine rings is 1. The molecule has 0 saturated heterocycles. The second-order valence-corrected chi connectivity index (χ2v) is 6.74. The summed E-state index contributed by atoms with van der Waals surface area (Å²) in [5.74, 6) is -1.37. The lowest BCUT2D eigenvalue weighted by Crippen LogP contribution is -2.39. The first kappa shape index (κ1) is 19.3. The number of nitrogens with two attached hydrogens (primary N) is 1. The van der Waals surface area contributed by atoms with E-state index in [1.807, 2.05) is 13.8 Å². The largest absolute Gasteiger partial charge is 0.364 e. The minimum absolute atomic E-state index is 0.0127. The summed E-state index contributed by atoms with van der Waals surface area (Å²) in [6.45, 7) is 3.63. The molecule has 3 rings (SSSR count). The molecule has 0 saturated carbocycles. The lowest BCUT2D eigenvalue weighted by molar-refractivity contribution is 0.0996. The third-order valence-electron chi connectivity index (χ3n) is 4.13. The molecule has 9 heteroatoms. The van der Waals surface area contributed by atoms with Gasteiger partial charge in [-0.1, -0.05) is 12.1 Å². The molecule has 0 aliphatic carbocycles. The van der Waals surface area contributed by atoms with E-state index in [9.17, 15) is 9.59 Å². The highest BCUT2D eigenvalue weighted by Crippen LogP contribution is 2.31. The molecule has 3 amide bonds. The first-order chi connectivity index (χ1) is 13.3. The van der Waals surface area contributed by atoms with Crippen LogP contribution in [0.15, 0.2) is 30.6 Å². The fraction of sp³-hybridized carbons (Fsp3) is 0.263. The van der Waals surface area contributed by atoms with Crippen LogP contribution in [0.2, 0.25) is 0 Å². The fourth-order valence-corrected chi connectivity index (χ4v) is 2.85. The van der Waals surface area contributed by atoms with Crippen molar-refractivity contribution in [2.45, 2.75) is 26.4 Å². The van der Waals surface area contributed by atoms with Crippen LogP contribution in [-0.4, -0.2) is 32.7 Å². The summed E-state index contributed by atoms with van der Waals surface area (Å²) in [4.78, 5) is 27.6. The third-order valence-corrected chi connectivity index (χ3v) is 4.13. The second kappa shape index (κ2) is 7.63. The number of aryl methyl sites for hydroxylation is 1. The Hall–Kier alpha value is -3.49. The Balaban J connectivity index is 2.06. The average molecular weight is 384 g/mol. The average Bonchev–Trinajstić information content (AvgIpc) is 3.06. The van der Waals surface area contributed by atoms with Gasteiger partial charge >= 0.3 is 6.03 Å². The zero-order chi connectivity index (χ0) is 20.4. The minimum atomic E-state index is -0.758. The molecule has 2 heterocycles. The number of amides is 3. The van der Waals surface area contributed by atoms with E-state index in [0.29, 0.717) is 16.5 Å². The lowest BCUT2D eigenvalue weighted by Gasteiger charge is -2.13. The van der Waals surface area contributed by atoms with E-state index >= 15 is 4.39 Å². The van der Waals surface area contributed by atoms with Gasteiger partial charge in [0.2, 0.25) is 0 Å². The van der Waals surface area contributed by atoms with Gasteiger partial charge in [-0.25, -0.2) is 14.2 Å². The van der Waals surface area contributed by atoms with E-state index in [4.69, 9.17) is 5.73 Å². The van der Waals surface area contributed by atoms with Crippen LogP contribution >= 0.6 is 0 Å². The van der Waals surface area contributed by atoms with Gasteiger partial charge in [0.25, 0.3) is 5.91 Å². The molecular weight excluding hydrogens is 363 g/mol. The standard InChI is InChI=1S/C19H21FN6O2/c1-10(2)24-19(28)22-7-11-4-5-13-14(12-8-23-26(3)9-12)6-15(18(21)27)25-17(13)16(11)20/h4-6,8-10H,7H2,1-3H3,(H2,21,27)(H2,22,24,28). The highest BCUT2D eigenvalue weighted by molar-refractivity contribution is 6.01. The Morgan fingerprint density at radius 2 is 2.07 bits per heavy atom. The number of aromatic nitrogens is 3. The van der Waals surface area contributed by atoms with Crippen molar-refractivity contribution < 1.29 is 14.0 Å². The maximum absolute atomic E-state index is 15.1. The number of benzene rings is 1. The number of carbonyl (C=O) groups is 2. The van der Waals surface area contributed by atoms with Crippen LogP contribution in [0.1, 0.15) is 29.9 Å². The molecule has 0 aliphatic rings. The fourth-order valence-electron chi connectivity index (χ4n) is 2.85. The van der Waals surface area contributed by atoms with E-state index < -0.39 is 17.8 Å². The molecule has 0 fully saturated rings. The highest BCUT2D eigenvalue weighted by atomic mass is 19.1. The summed E-state index contributed by atoms with van der Waals surface area (Å²) in [6.07, 6.45) is 3.37. The maximum atomic E-state index is 15.1. The molecule has 8 nitrogen and oxygen atoms in total. The highest BCUT2D eigenvalue weighted by Gasteiger charge is 2.17. The van der Waals surface area contributed by atoms with Crippen LogP contribution in [-0.2, 0) is 13.6 Å². The van der Waals surface area contributed by atoms with Gasteiger partial charge in [0.15, 0.2) is 5.82 Å². The van der Waals surface area contributed by atoms with Crippen LogP contribution in [0.4, 0.5) is 9.18 Å². The van der Waals surface area contributed by atoms with Gasteiger partial charge in [-0.15, -0.1) is 0 Å². The number of hydrogen-bond acceptors (Lipinski definition) is 4. The summed E-state index contributed by atoms with van der Waals surface area (Å²) >= 11 is 0. The van der Waals surface area contributed by atoms with Crippen molar-refractivity contribution in [3.05, 3.63) is 47.7 Å². The first-order valence-corrected chi connectivity index (χ1v) is 8.71. The molecule has 28 heavy (non-hydrogen) atoms. The predicted molar refractivity (Wildman–Crippen MR) is 103 cm³/mol. The zero-order valence-electron chi connectivity index (χ0n) is 15.8. The van der Waals surface area contributed by atoms with Gasteiger partial charge in [0, 0.05) is 42.3 Å². The van der Waals surface area contributed by atoms with Crippen molar-refractivity contribution in [3.63, 3.8) is 0 Å². The zero-order valence-corrected chi connectivity index (χ0v) is 15.8. The molecule has 0 unspecified atom stereocenters. The van der Waals surface area contributed by atoms with Crippen molar-refractivity contribution in [1.82, 2.24) is 25.4 Å². The van der Waals surface area contributed by atoms with E-state index in [2.05, 4.69) is 20.7 Å². The summed E-state index contributed by atoms with van der Waals surface area (Å²) < 4.78 is 16.7. The van der Waals surface area contributed by atoms with E-state index in [1.165, 1.54) is 6.07 Å². The Morgan fingerprint density at radius 3 is 2.68 bits per heavy atom. The van der Waals surface area contributed by atoms with Gasteiger partial charge in [0.05, 0.1) is 6.20 Å². The molecule has 0 atom stereocenters. The third kappa shape index (κ3) is 3.93. The number of primary amides is 1. The Labute approximate surface area is 160 Å². The summed E-state index contributed by atoms with van der Waals surface area (Å²) in [5, 5.41) is 9.91. The normalized spacial score (nSPS) is 11.0. The summed E-state index contributed by atoms with van der Waals surface area (Å²) in [7, 11) is 1.76. The molecule has 0 bridgehead atoms. The van der Waals surface area contributed by atoms with Gasteiger partial charge in [0.1, 0.15) is 11.2 Å². The Bertz CT molecular complexity index is 1060. The summed E-state index contributed by atoms with van der Waals surface area (Å²) in [5.41, 5.74) is 6.90. The minimum Gasteiger partial charge on any atom is -0.364 e. The van der Waals surface area contributed by atoms with Crippen LogP contribution in [0.5, 0.6) is 0 Å². The van der Waals surface area contributed by atoms with Crippen LogP contribution in [0, 0.1) is 5.82 Å². The van der Waals surface area contributed by atoms with Crippen molar-refractivity contribution in [2.75, 3.05) is 0 Å². The Morgan fingerprint density at radius 1 is 1.32 bits per heavy atom. The Kier molecular flexibility index (Phi) is 5.25. The number of fused-ring (bicyclic) bond motifs is 1. The van der Waals surface area contributed by atoms with Crippen molar-refractivity contribution in [1.29, 1.82) is 0 Å². The molecular formula is C19H21FN6O2. The van der Waals surface area contributed by atoms with E-state index in [1.54, 1.807) is 36.3 Å². The SMILES string of the molecule is CC(C)NC(=O)NCc1ccc2c(-c3cnn(C)c3)cc(C(N)=O)nc2c1F. The maximum Gasteiger partial charge on any atom is 0.315 e. The number of carbonyl (C=O) groups excluding carboxylic acids is 2.